The van der Waals surface area contributed by atoms with Crippen LogP contribution in [-0.2, 0) is 14.9 Å². The summed E-state index contributed by atoms with van der Waals surface area (Å²) in [5.41, 5.74) is 4.19. The van der Waals surface area contributed by atoms with E-state index in [1.165, 1.54) is 12.1 Å². The van der Waals surface area contributed by atoms with Gasteiger partial charge in [0.05, 0.1) is 29.9 Å². The first-order chi connectivity index (χ1) is 16.3. The van der Waals surface area contributed by atoms with E-state index in [0.717, 1.165) is 33.4 Å². The standard InChI is InChI=1S/C25H24FN5O3/c1-25(2,9-10-27)22-20(14-3-8-19(24(32)33)34-13-14)21-18(11-15-12-28-30-23(15)29-21)31(22)17-6-4-16(26)5-7-17/h4-7,11-12,14,19H,3,8-9,13H2,1-2H3,(H,32,33)(H,28,29,30)/t14-,19?/m0/s1. The van der Waals surface area contributed by atoms with Gasteiger partial charge in [-0.15, -0.1) is 0 Å². The zero-order valence-corrected chi connectivity index (χ0v) is 18.9. The normalized spacial score (nSPS) is 18.9. The molecule has 8 nitrogen and oxygen atoms in total. The summed E-state index contributed by atoms with van der Waals surface area (Å²) in [6, 6.07) is 10.5. The molecule has 2 atom stereocenters. The topological polar surface area (TPSA) is 117 Å². The summed E-state index contributed by atoms with van der Waals surface area (Å²) in [5, 5.41) is 26.9. The van der Waals surface area contributed by atoms with Crippen LogP contribution >= 0.6 is 0 Å². The molecule has 1 saturated heterocycles. The van der Waals surface area contributed by atoms with Gasteiger partial charge in [0, 0.05) is 40.1 Å². The second kappa shape index (κ2) is 8.22. The predicted octanol–water partition coefficient (Wildman–Crippen LogP) is 4.58. The Labute approximate surface area is 195 Å². The van der Waals surface area contributed by atoms with Gasteiger partial charge < -0.3 is 14.4 Å². The van der Waals surface area contributed by atoms with Gasteiger partial charge in [-0.2, -0.15) is 10.4 Å². The van der Waals surface area contributed by atoms with Gasteiger partial charge in [0.25, 0.3) is 0 Å². The summed E-state index contributed by atoms with van der Waals surface area (Å²) >= 11 is 0. The molecule has 5 rings (SSSR count). The van der Waals surface area contributed by atoms with E-state index < -0.39 is 17.5 Å². The highest BCUT2D eigenvalue weighted by molar-refractivity contribution is 5.94. The van der Waals surface area contributed by atoms with Crippen LogP contribution in [0.3, 0.4) is 0 Å². The smallest absolute Gasteiger partial charge is 0.332 e. The minimum atomic E-state index is -0.963. The molecule has 1 aromatic carbocycles. The number of H-pyrrole nitrogens is 1. The van der Waals surface area contributed by atoms with Crippen LogP contribution in [0.1, 0.15) is 50.3 Å². The molecule has 0 amide bonds. The summed E-state index contributed by atoms with van der Waals surface area (Å²) in [6.45, 7) is 4.24. The zero-order valence-electron chi connectivity index (χ0n) is 18.9. The summed E-state index contributed by atoms with van der Waals surface area (Å²) < 4.78 is 21.6. The molecule has 0 spiro atoms. The first-order valence-electron chi connectivity index (χ1n) is 11.2. The Bertz CT molecular complexity index is 1420. The fraction of sp³-hybridized carbons (Fsp3) is 0.360. The molecule has 1 aliphatic heterocycles. The highest BCUT2D eigenvalue weighted by atomic mass is 19.1. The van der Waals surface area contributed by atoms with Gasteiger partial charge in [-0.25, -0.2) is 14.2 Å². The lowest BCUT2D eigenvalue weighted by Gasteiger charge is -2.31. The van der Waals surface area contributed by atoms with Crippen molar-refractivity contribution in [1.82, 2.24) is 19.7 Å². The van der Waals surface area contributed by atoms with Crippen molar-refractivity contribution >= 4 is 28.0 Å². The largest absolute Gasteiger partial charge is 0.479 e. The van der Waals surface area contributed by atoms with Crippen molar-refractivity contribution in [2.45, 2.75) is 50.5 Å². The van der Waals surface area contributed by atoms with Gasteiger partial charge in [0.2, 0.25) is 0 Å². The number of carboxylic acid groups (broad SMARTS) is 1. The zero-order chi connectivity index (χ0) is 24.0. The van der Waals surface area contributed by atoms with Crippen LogP contribution in [0.25, 0.3) is 27.8 Å². The lowest BCUT2D eigenvalue weighted by molar-refractivity contribution is -0.153. The summed E-state index contributed by atoms with van der Waals surface area (Å²) in [4.78, 5) is 16.3. The summed E-state index contributed by atoms with van der Waals surface area (Å²) in [5.74, 6) is -1.41. The van der Waals surface area contributed by atoms with Gasteiger partial charge in [-0.05, 0) is 43.2 Å². The van der Waals surface area contributed by atoms with Crippen molar-refractivity contribution in [3.05, 3.63) is 53.6 Å². The van der Waals surface area contributed by atoms with E-state index >= 15 is 0 Å². The number of nitriles is 1. The maximum absolute atomic E-state index is 13.8. The Hall–Kier alpha value is -3.77. The van der Waals surface area contributed by atoms with Gasteiger partial charge >= 0.3 is 5.97 Å². The second-order valence-corrected chi connectivity index (χ2v) is 9.39. The third kappa shape index (κ3) is 3.60. The number of fused-ring (bicyclic) bond motifs is 2. The lowest BCUT2D eigenvalue weighted by atomic mass is 9.79. The number of aromatic amines is 1. The molecule has 174 valence electrons. The molecule has 0 aliphatic carbocycles. The van der Waals surface area contributed by atoms with Crippen molar-refractivity contribution in [2.24, 2.45) is 0 Å². The molecule has 4 aromatic rings. The molecule has 0 bridgehead atoms. The molecule has 3 aromatic heterocycles. The Balaban J connectivity index is 1.82. The molecule has 9 heteroatoms. The fourth-order valence-electron chi connectivity index (χ4n) is 4.96. The summed E-state index contributed by atoms with van der Waals surface area (Å²) in [6.07, 6.45) is 2.11. The van der Waals surface area contributed by atoms with Crippen LogP contribution in [0.4, 0.5) is 4.39 Å². The number of halogens is 1. The minimum Gasteiger partial charge on any atom is -0.479 e. The first-order valence-corrected chi connectivity index (χ1v) is 11.2. The fourth-order valence-corrected chi connectivity index (χ4v) is 4.96. The van der Waals surface area contributed by atoms with Crippen molar-refractivity contribution in [3.63, 3.8) is 0 Å². The molecule has 1 unspecified atom stereocenters. The van der Waals surface area contributed by atoms with Gasteiger partial charge in [-0.3, -0.25) is 5.10 Å². The van der Waals surface area contributed by atoms with Crippen LogP contribution < -0.4 is 0 Å². The van der Waals surface area contributed by atoms with Crippen LogP contribution in [0.15, 0.2) is 36.5 Å². The number of carbonyl (C=O) groups is 1. The van der Waals surface area contributed by atoms with E-state index in [9.17, 15) is 19.6 Å². The van der Waals surface area contributed by atoms with Crippen molar-refractivity contribution in [3.8, 4) is 11.8 Å². The third-order valence-electron chi connectivity index (χ3n) is 6.59. The van der Waals surface area contributed by atoms with E-state index in [1.807, 2.05) is 24.5 Å². The molecular formula is C25H24FN5O3. The number of rotatable bonds is 5. The average molecular weight is 461 g/mol. The molecule has 0 saturated carbocycles. The van der Waals surface area contributed by atoms with E-state index in [-0.39, 0.29) is 24.8 Å². The van der Waals surface area contributed by atoms with Gasteiger partial charge in [0.1, 0.15) is 5.82 Å². The van der Waals surface area contributed by atoms with E-state index in [0.29, 0.717) is 18.5 Å². The number of nitrogens with one attached hydrogen (secondary N) is 1. The maximum Gasteiger partial charge on any atom is 0.332 e. The van der Waals surface area contributed by atoms with Crippen LogP contribution in [0.2, 0.25) is 0 Å². The van der Waals surface area contributed by atoms with Crippen molar-refractivity contribution in [2.75, 3.05) is 6.61 Å². The second-order valence-electron chi connectivity index (χ2n) is 9.39. The van der Waals surface area contributed by atoms with E-state index in [4.69, 9.17) is 9.72 Å². The number of hydrogen-bond acceptors (Lipinski definition) is 5. The molecule has 34 heavy (non-hydrogen) atoms. The monoisotopic (exact) mass is 461 g/mol. The van der Waals surface area contributed by atoms with Gasteiger partial charge in [-0.1, -0.05) is 13.8 Å². The SMILES string of the molecule is CC(C)(CC#N)c1c([C@H]2CCC(C(=O)O)OC2)c2nc3[nH]ncc3cc2n1-c1ccc(F)cc1. The Kier molecular flexibility index (Phi) is 5.33. The number of pyridine rings is 1. The van der Waals surface area contributed by atoms with Crippen LogP contribution in [-0.4, -0.2) is 43.5 Å². The Morgan fingerprint density at radius 2 is 2.12 bits per heavy atom. The molecule has 0 radical (unpaired) electrons. The number of hydrogen-bond donors (Lipinski definition) is 2. The average Bonchev–Trinajstić information content (AvgIpc) is 3.40. The molecule has 2 N–H and O–H groups in total. The highest BCUT2D eigenvalue weighted by Gasteiger charge is 2.37. The first kappa shape index (κ1) is 22.0. The Morgan fingerprint density at radius 3 is 2.76 bits per heavy atom. The third-order valence-corrected chi connectivity index (χ3v) is 6.59. The van der Waals surface area contributed by atoms with Crippen molar-refractivity contribution < 1.29 is 19.0 Å². The summed E-state index contributed by atoms with van der Waals surface area (Å²) in [7, 11) is 0. The number of ether oxygens (including phenoxy) is 1. The predicted molar refractivity (Wildman–Crippen MR) is 123 cm³/mol. The molecule has 1 aliphatic rings. The van der Waals surface area contributed by atoms with E-state index in [2.05, 4.69) is 16.3 Å². The number of aromatic nitrogens is 4. The minimum absolute atomic E-state index is 0.111. The highest BCUT2D eigenvalue weighted by Crippen LogP contribution is 2.44. The molecular weight excluding hydrogens is 437 g/mol. The maximum atomic E-state index is 13.8. The Morgan fingerprint density at radius 1 is 1.35 bits per heavy atom. The van der Waals surface area contributed by atoms with Crippen molar-refractivity contribution in [1.29, 1.82) is 5.26 Å². The number of benzene rings is 1. The lowest BCUT2D eigenvalue weighted by Crippen LogP contribution is -2.32. The molecule has 1 fully saturated rings. The quantitative estimate of drug-likeness (QED) is 0.449. The number of aliphatic carboxylic acids is 1. The number of nitrogens with zero attached hydrogens (tertiary/aromatic N) is 4. The van der Waals surface area contributed by atoms with E-state index in [1.54, 1.807) is 18.3 Å². The van der Waals surface area contributed by atoms with Crippen LogP contribution in [0, 0.1) is 17.1 Å². The molecule has 4 heterocycles. The van der Waals surface area contributed by atoms with Crippen LogP contribution in [0.5, 0.6) is 0 Å². The number of carboxylic acids is 1. The van der Waals surface area contributed by atoms with Gasteiger partial charge in [0.15, 0.2) is 11.8 Å².